The molecule has 0 N–H and O–H groups in total. The van der Waals surface area contributed by atoms with Gasteiger partial charge in [-0.05, 0) is 43.0 Å². The van der Waals surface area contributed by atoms with E-state index in [0.717, 1.165) is 57.4 Å². The average Bonchev–Trinajstić information content (AvgIpc) is 2.75. The summed E-state index contributed by atoms with van der Waals surface area (Å²) in [5.74, 6) is 1.43. The van der Waals surface area contributed by atoms with Crippen LogP contribution in [0.5, 0.6) is 0 Å². The molecule has 0 aliphatic carbocycles. The van der Waals surface area contributed by atoms with Crippen LogP contribution in [0.3, 0.4) is 0 Å². The van der Waals surface area contributed by atoms with Crippen molar-refractivity contribution >= 4 is 11.6 Å². The Hall–Kier alpha value is -2.35. The molecule has 0 bridgehead atoms. The van der Waals surface area contributed by atoms with Gasteiger partial charge >= 0.3 is 6.18 Å². The molecule has 2 aliphatic rings. The summed E-state index contributed by atoms with van der Waals surface area (Å²) in [6.07, 6.45) is 0.825. The van der Waals surface area contributed by atoms with Crippen LogP contribution in [-0.4, -0.2) is 60.7 Å². The molecule has 0 amide bonds. The van der Waals surface area contributed by atoms with Crippen LogP contribution in [0.15, 0.2) is 42.7 Å². The third kappa shape index (κ3) is 4.80. The van der Waals surface area contributed by atoms with E-state index < -0.39 is 11.7 Å². The van der Waals surface area contributed by atoms with Crippen LogP contribution in [0, 0.1) is 5.92 Å². The van der Waals surface area contributed by atoms with Crippen molar-refractivity contribution in [2.24, 2.45) is 5.92 Å². The predicted octanol–water partition coefficient (Wildman–Crippen LogP) is 3.53. The van der Waals surface area contributed by atoms with E-state index in [-0.39, 0.29) is 5.82 Å². The fourth-order valence-corrected chi connectivity index (χ4v) is 4.34. The Labute approximate surface area is 169 Å². The maximum atomic E-state index is 13.4. The second-order valence-electron chi connectivity index (χ2n) is 7.80. The van der Waals surface area contributed by atoms with Gasteiger partial charge in [-0.25, -0.2) is 9.97 Å². The Morgan fingerprint density at radius 3 is 2.41 bits per heavy atom. The van der Waals surface area contributed by atoms with Crippen molar-refractivity contribution in [3.8, 4) is 0 Å². The van der Waals surface area contributed by atoms with Gasteiger partial charge in [0.15, 0.2) is 0 Å². The zero-order valence-corrected chi connectivity index (χ0v) is 16.4. The highest BCUT2D eigenvalue weighted by Gasteiger charge is 2.36. The van der Waals surface area contributed by atoms with Gasteiger partial charge in [-0.15, -0.1) is 0 Å². The van der Waals surface area contributed by atoms with Crippen molar-refractivity contribution in [2.75, 3.05) is 55.6 Å². The second-order valence-corrected chi connectivity index (χ2v) is 7.80. The zero-order valence-electron chi connectivity index (χ0n) is 16.4. The van der Waals surface area contributed by atoms with Gasteiger partial charge in [0, 0.05) is 58.2 Å². The standard InChI is InChI=1S/C21H26F3N5/c22-21(23,24)18-6-3-9-26-20(18)29-10-4-5-17(16-29)15-27-11-13-28(14-12-27)19-7-1-2-8-25-19/h1-3,6-9,17H,4-5,10-16H2. The topological polar surface area (TPSA) is 35.5 Å². The molecule has 29 heavy (non-hydrogen) atoms. The Morgan fingerprint density at radius 1 is 0.897 bits per heavy atom. The van der Waals surface area contributed by atoms with E-state index in [2.05, 4.69) is 19.8 Å². The molecule has 8 heteroatoms. The van der Waals surface area contributed by atoms with Crippen molar-refractivity contribution in [3.63, 3.8) is 0 Å². The summed E-state index contributed by atoms with van der Waals surface area (Å²) in [4.78, 5) is 15.0. The summed E-state index contributed by atoms with van der Waals surface area (Å²) in [5.41, 5.74) is -0.635. The highest BCUT2D eigenvalue weighted by Crippen LogP contribution is 2.36. The summed E-state index contributed by atoms with van der Waals surface area (Å²) >= 11 is 0. The molecule has 2 aromatic heterocycles. The third-order valence-electron chi connectivity index (χ3n) is 5.77. The van der Waals surface area contributed by atoms with Crippen LogP contribution in [0.4, 0.5) is 24.8 Å². The molecule has 1 atom stereocenters. The van der Waals surface area contributed by atoms with E-state index in [1.54, 1.807) is 0 Å². The minimum atomic E-state index is -4.38. The smallest absolute Gasteiger partial charge is 0.356 e. The normalized spacial score (nSPS) is 21.4. The highest BCUT2D eigenvalue weighted by atomic mass is 19.4. The molecule has 0 aromatic carbocycles. The zero-order chi connectivity index (χ0) is 20.3. The largest absolute Gasteiger partial charge is 0.419 e. The lowest BCUT2D eigenvalue weighted by Gasteiger charge is -2.40. The van der Waals surface area contributed by atoms with Crippen molar-refractivity contribution < 1.29 is 13.2 Å². The van der Waals surface area contributed by atoms with Gasteiger partial charge in [-0.1, -0.05) is 6.07 Å². The number of alkyl halides is 3. The van der Waals surface area contributed by atoms with Gasteiger partial charge in [-0.3, -0.25) is 4.90 Å². The molecule has 0 saturated carbocycles. The molecular formula is C21H26F3N5. The summed E-state index contributed by atoms with van der Waals surface area (Å²) in [6.45, 7) is 5.91. The minimum Gasteiger partial charge on any atom is -0.356 e. The molecule has 5 nitrogen and oxygen atoms in total. The molecule has 2 saturated heterocycles. The van der Waals surface area contributed by atoms with E-state index in [1.165, 1.54) is 12.3 Å². The highest BCUT2D eigenvalue weighted by molar-refractivity contribution is 5.48. The van der Waals surface area contributed by atoms with E-state index in [9.17, 15) is 13.2 Å². The van der Waals surface area contributed by atoms with Gasteiger partial charge in [0.1, 0.15) is 11.6 Å². The first kappa shape index (κ1) is 19.9. The van der Waals surface area contributed by atoms with E-state index in [0.29, 0.717) is 19.0 Å². The lowest BCUT2D eigenvalue weighted by molar-refractivity contribution is -0.137. The number of anilines is 2. The van der Waals surface area contributed by atoms with E-state index in [1.807, 2.05) is 29.3 Å². The summed E-state index contributed by atoms with van der Waals surface area (Å²) < 4.78 is 40.1. The summed E-state index contributed by atoms with van der Waals surface area (Å²) in [5, 5.41) is 0. The van der Waals surface area contributed by atoms with Crippen LogP contribution in [-0.2, 0) is 6.18 Å². The first-order valence-corrected chi connectivity index (χ1v) is 10.2. The molecule has 0 spiro atoms. The number of pyridine rings is 2. The number of hydrogen-bond acceptors (Lipinski definition) is 5. The Bertz CT molecular complexity index is 790. The van der Waals surface area contributed by atoms with Gasteiger partial charge < -0.3 is 9.80 Å². The number of nitrogens with zero attached hydrogens (tertiary/aromatic N) is 5. The van der Waals surface area contributed by atoms with Crippen LogP contribution < -0.4 is 9.80 Å². The Kier molecular flexibility index (Phi) is 5.89. The van der Waals surface area contributed by atoms with E-state index >= 15 is 0 Å². The van der Waals surface area contributed by atoms with Crippen molar-refractivity contribution in [3.05, 3.63) is 48.3 Å². The van der Waals surface area contributed by atoms with Crippen LogP contribution >= 0.6 is 0 Å². The number of halogens is 3. The quantitative estimate of drug-likeness (QED) is 0.778. The lowest BCUT2D eigenvalue weighted by atomic mass is 9.96. The molecule has 2 aromatic rings. The molecule has 2 aliphatic heterocycles. The predicted molar refractivity (Wildman–Crippen MR) is 107 cm³/mol. The summed E-state index contributed by atoms with van der Waals surface area (Å²) in [6, 6.07) is 8.43. The molecule has 1 unspecified atom stereocenters. The second kappa shape index (κ2) is 8.57. The van der Waals surface area contributed by atoms with Crippen molar-refractivity contribution in [1.82, 2.24) is 14.9 Å². The molecule has 156 valence electrons. The number of aromatic nitrogens is 2. The van der Waals surface area contributed by atoms with Gasteiger partial charge in [-0.2, -0.15) is 13.2 Å². The Morgan fingerprint density at radius 2 is 1.69 bits per heavy atom. The van der Waals surface area contributed by atoms with Crippen LogP contribution in [0.2, 0.25) is 0 Å². The molecule has 4 rings (SSSR count). The van der Waals surface area contributed by atoms with Crippen molar-refractivity contribution in [1.29, 1.82) is 0 Å². The minimum absolute atomic E-state index is 0.0738. The van der Waals surface area contributed by atoms with Crippen molar-refractivity contribution in [2.45, 2.75) is 19.0 Å². The van der Waals surface area contributed by atoms with E-state index in [4.69, 9.17) is 0 Å². The number of rotatable bonds is 4. The van der Waals surface area contributed by atoms with Crippen LogP contribution in [0.1, 0.15) is 18.4 Å². The average molecular weight is 405 g/mol. The lowest BCUT2D eigenvalue weighted by Crippen LogP contribution is -2.50. The SMILES string of the molecule is FC(F)(F)c1cccnc1N1CCCC(CN2CCN(c3ccccn3)CC2)C1. The van der Waals surface area contributed by atoms with Gasteiger partial charge in [0.25, 0.3) is 0 Å². The monoisotopic (exact) mass is 405 g/mol. The first-order chi connectivity index (χ1) is 14.0. The Balaban J connectivity index is 1.35. The summed E-state index contributed by atoms with van der Waals surface area (Å²) in [7, 11) is 0. The van der Waals surface area contributed by atoms with Gasteiger partial charge in [0.2, 0.25) is 0 Å². The molecule has 2 fully saturated rings. The molecule has 4 heterocycles. The maximum absolute atomic E-state index is 13.4. The number of hydrogen-bond donors (Lipinski definition) is 0. The van der Waals surface area contributed by atoms with Gasteiger partial charge in [0.05, 0.1) is 5.56 Å². The fraction of sp³-hybridized carbons (Fsp3) is 0.524. The number of piperazine rings is 1. The third-order valence-corrected chi connectivity index (χ3v) is 5.77. The number of piperidine rings is 1. The molecule has 0 radical (unpaired) electrons. The van der Waals surface area contributed by atoms with Crippen LogP contribution in [0.25, 0.3) is 0 Å². The fourth-order valence-electron chi connectivity index (χ4n) is 4.34. The molecular weight excluding hydrogens is 379 g/mol. The maximum Gasteiger partial charge on any atom is 0.419 e. The first-order valence-electron chi connectivity index (χ1n) is 10.2.